The Labute approximate surface area is 173 Å². The van der Waals surface area contributed by atoms with E-state index in [2.05, 4.69) is 41.7 Å². The topological polar surface area (TPSA) is 49.4 Å². The van der Waals surface area contributed by atoms with Gasteiger partial charge in [-0.15, -0.1) is 0 Å². The lowest BCUT2D eigenvalue weighted by molar-refractivity contribution is -0.146. The maximum Gasteiger partial charge on any atom is 0.228 e. The van der Waals surface area contributed by atoms with Crippen molar-refractivity contribution in [2.45, 2.75) is 38.5 Å². The van der Waals surface area contributed by atoms with Gasteiger partial charge >= 0.3 is 0 Å². The van der Waals surface area contributed by atoms with Gasteiger partial charge in [-0.25, -0.2) is 0 Å². The van der Waals surface area contributed by atoms with Crippen LogP contribution in [0.2, 0.25) is 0 Å². The van der Waals surface area contributed by atoms with Crippen LogP contribution in [0.1, 0.15) is 37.7 Å². The molecule has 1 saturated heterocycles. The Morgan fingerprint density at radius 3 is 2.31 bits per heavy atom. The molecule has 2 amide bonds. The van der Waals surface area contributed by atoms with Crippen molar-refractivity contribution in [3.8, 4) is 11.1 Å². The summed E-state index contributed by atoms with van der Waals surface area (Å²) in [5, 5.41) is 2.87. The first-order valence-electron chi connectivity index (χ1n) is 10.8. The Hall–Kier alpha value is -2.62. The van der Waals surface area contributed by atoms with Gasteiger partial charge in [-0.1, -0.05) is 61.0 Å². The van der Waals surface area contributed by atoms with E-state index in [1.165, 1.54) is 11.1 Å². The molecular weight excluding hydrogens is 360 g/mol. The van der Waals surface area contributed by atoms with Crippen molar-refractivity contribution in [2.24, 2.45) is 11.3 Å². The monoisotopic (exact) mass is 390 g/mol. The fraction of sp³-hybridized carbons (Fsp3) is 0.440. The van der Waals surface area contributed by atoms with Gasteiger partial charge in [0, 0.05) is 26.1 Å². The molecule has 4 heteroatoms. The van der Waals surface area contributed by atoms with Crippen molar-refractivity contribution in [1.29, 1.82) is 0 Å². The molecule has 2 aliphatic rings. The van der Waals surface area contributed by atoms with Gasteiger partial charge in [0.1, 0.15) is 0 Å². The third-order valence-electron chi connectivity index (χ3n) is 6.66. The first-order valence-corrected chi connectivity index (χ1v) is 10.8. The molecule has 1 N–H and O–H groups in total. The number of nitrogens with one attached hydrogen (secondary N) is 1. The Kier molecular flexibility index (Phi) is 5.70. The highest BCUT2D eigenvalue weighted by Gasteiger charge is 2.44. The van der Waals surface area contributed by atoms with Crippen molar-refractivity contribution in [2.75, 3.05) is 20.1 Å². The number of benzene rings is 2. The van der Waals surface area contributed by atoms with E-state index >= 15 is 0 Å². The number of rotatable bonds is 5. The fourth-order valence-corrected chi connectivity index (χ4v) is 4.74. The quantitative estimate of drug-likeness (QED) is 0.837. The number of nitrogens with zero attached hydrogens (tertiary/aromatic N) is 1. The van der Waals surface area contributed by atoms with Crippen LogP contribution < -0.4 is 5.32 Å². The molecule has 2 aromatic rings. The molecule has 1 aliphatic carbocycles. The van der Waals surface area contributed by atoms with Crippen LogP contribution >= 0.6 is 0 Å². The highest BCUT2D eigenvalue weighted by Crippen LogP contribution is 2.37. The molecule has 4 rings (SSSR count). The zero-order chi connectivity index (χ0) is 20.3. The van der Waals surface area contributed by atoms with Crippen LogP contribution in [0.25, 0.3) is 11.1 Å². The lowest BCUT2D eigenvalue weighted by atomic mass is 9.73. The van der Waals surface area contributed by atoms with E-state index in [0.717, 1.165) is 44.2 Å². The Morgan fingerprint density at radius 2 is 1.69 bits per heavy atom. The van der Waals surface area contributed by atoms with Gasteiger partial charge in [0.05, 0.1) is 5.41 Å². The van der Waals surface area contributed by atoms with Crippen LogP contribution in [0.5, 0.6) is 0 Å². The first kappa shape index (κ1) is 19.7. The third kappa shape index (κ3) is 4.07. The molecule has 2 aromatic carbocycles. The highest BCUT2D eigenvalue weighted by atomic mass is 16.2. The summed E-state index contributed by atoms with van der Waals surface area (Å²) in [7, 11) is 1.70. The van der Waals surface area contributed by atoms with Crippen LogP contribution in [0.15, 0.2) is 54.6 Å². The molecule has 4 nitrogen and oxygen atoms in total. The summed E-state index contributed by atoms with van der Waals surface area (Å²) in [4.78, 5) is 27.7. The zero-order valence-corrected chi connectivity index (χ0v) is 17.2. The van der Waals surface area contributed by atoms with Gasteiger partial charge in [0.25, 0.3) is 0 Å². The molecule has 1 aliphatic heterocycles. The van der Waals surface area contributed by atoms with Gasteiger partial charge in [0.2, 0.25) is 11.8 Å². The van der Waals surface area contributed by atoms with Crippen LogP contribution in [-0.2, 0) is 16.0 Å². The molecule has 1 atom stereocenters. The summed E-state index contributed by atoms with van der Waals surface area (Å²) in [6.07, 6.45) is 5.52. The summed E-state index contributed by atoms with van der Waals surface area (Å²) in [5.74, 6) is 0.486. The van der Waals surface area contributed by atoms with Crippen molar-refractivity contribution in [3.05, 3.63) is 60.2 Å². The number of carbonyl (C=O) groups excluding carboxylic acids is 2. The number of amides is 2. The predicted molar refractivity (Wildman–Crippen MR) is 115 cm³/mol. The average molecular weight is 391 g/mol. The van der Waals surface area contributed by atoms with Gasteiger partial charge < -0.3 is 10.2 Å². The molecule has 29 heavy (non-hydrogen) atoms. The molecule has 1 saturated carbocycles. The predicted octanol–water partition coefficient (Wildman–Crippen LogP) is 4.05. The minimum Gasteiger partial charge on any atom is -0.359 e. The van der Waals surface area contributed by atoms with E-state index in [0.29, 0.717) is 13.0 Å². The van der Waals surface area contributed by atoms with Gasteiger partial charge in [-0.3, -0.25) is 9.59 Å². The summed E-state index contributed by atoms with van der Waals surface area (Å²) in [5.41, 5.74) is 2.97. The number of hydrogen-bond acceptors (Lipinski definition) is 2. The first-order chi connectivity index (χ1) is 14.1. The smallest absolute Gasteiger partial charge is 0.228 e. The van der Waals surface area contributed by atoms with Gasteiger partial charge in [0.15, 0.2) is 0 Å². The molecule has 152 valence electrons. The Bertz CT molecular complexity index is 858. The zero-order valence-electron chi connectivity index (χ0n) is 17.2. The lowest BCUT2D eigenvalue weighted by Crippen LogP contribution is -2.55. The van der Waals surface area contributed by atoms with Gasteiger partial charge in [-0.2, -0.15) is 0 Å². The Balaban J connectivity index is 1.53. The van der Waals surface area contributed by atoms with Crippen molar-refractivity contribution >= 4 is 11.8 Å². The van der Waals surface area contributed by atoms with E-state index in [9.17, 15) is 9.59 Å². The van der Waals surface area contributed by atoms with Crippen molar-refractivity contribution in [3.63, 3.8) is 0 Å². The van der Waals surface area contributed by atoms with Crippen LogP contribution in [0.4, 0.5) is 0 Å². The van der Waals surface area contributed by atoms with E-state index in [1.807, 2.05) is 23.1 Å². The summed E-state index contributed by atoms with van der Waals surface area (Å²) in [6, 6.07) is 18.8. The molecule has 0 aromatic heterocycles. The van der Waals surface area contributed by atoms with E-state index in [1.54, 1.807) is 7.05 Å². The Morgan fingerprint density at radius 1 is 1.00 bits per heavy atom. The van der Waals surface area contributed by atoms with Crippen LogP contribution in [-0.4, -0.2) is 36.9 Å². The molecule has 0 unspecified atom stereocenters. The molecular formula is C25H30N2O2. The molecule has 0 radical (unpaired) electrons. The molecule has 0 spiro atoms. The SMILES string of the molecule is CNC(=O)[C@]1(Cc2ccc(-c3ccccc3)cc2)CCCN(C(=O)C2CCC2)C1. The normalized spacial score (nSPS) is 22.0. The van der Waals surface area contributed by atoms with Crippen LogP contribution in [0.3, 0.4) is 0 Å². The standard InChI is InChI=1S/C25H30N2O2/c1-26-24(29)25(15-6-16-27(18-25)23(28)22-9-5-10-22)17-19-11-13-21(14-12-19)20-7-3-2-4-8-20/h2-4,7-8,11-14,22H,5-6,9-10,15-18H2,1H3,(H,26,29)/t25-/m0/s1. The molecule has 2 fully saturated rings. The number of piperidine rings is 1. The molecule has 0 bridgehead atoms. The summed E-state index contributed by atoms with van der Waals surface area (Å²) >= 11 is 0. The second kappa shape index (κ2) is 8.40. The number of likely N-dealkylation sites (tertiary alicyclic amines) is 1. The summed E-state index contributed by atoms with van der Waals surface area (Å²) < 4.78 is 0. The maximum atomic E-state index is 13.0. The minimum atomic E-state index is -0.541. The second-order valence-electron chi connectivity index (χ2n) is 8.59. The fourth-order valence-electron chi connectivity index (χ4n) is 4.74. The van der Waals surface area contributed by atoms with E-state index in [-0.39, 0.29) is 17.7 Å². The average Bonchev–Trinajstić information content (AvgIpc) is 2.73. The number of carbonyl (C=O) groups is 2. The maximum absolute atomic E-state index is 13.0. The number of hydrogen-bond donors (Lipinski definition) is 1. The van der Waals surface area contributed by atoms with Gasteiger partial charge in [-0.05, 0) is 48.8 Å². The highest BCUT2D eigenvalue weighted by molar-refractivity contribution is 5.85. The van der Waals surface area contributed by atoms with Crippen molar-refractivity contribution in [1.82, 2.24) is 10.2 Å². The lowest BCUT2D eigenvalue weighted by Gasteiger charge is -2.43. The van der Waals surface area contributed by atoms with Crippen molar-refractivity contribution < 1.29 is 9.59 Å². The molecule has 1 heterocycles. The third-order valence-corrected chi connectivity index (χ3v) is 6.66. The largest absolute Gasteiger partial charge is 0.359 e. The van der Waals surface area contributed by atoms with Crippen LogP contribution in [0, 0.1) is 11.3 Å². The minimum absolute atomic E-state index is 0.0516. The summed E-state index contributed by atoms with van der Waals surface area (Å²) in [6.45, 7) is 1.31. The second-order valence-corrected chi connectivity index (χ2v) is 8.59. The van der Waals surface area contributed by atoms with E-state index in [4.69, 9.17) is 0 Å². The van der Waals surface area contributed by atoms with E-state index < -0.39 is 5.41 Å².